The third-order valence-corrected chi connectivity index (χ3v) is 3.76. The first-order valence-corrected chi connectivity index (χ1v) is 6.74. The zero-order valence-corrected chi connectivity index (χ0v) is 11.2. The highest BCUT2D eigenvalue weighted by Crippen LogP contribution is 2.37. The average molecular weight is 257 g/mol. The summed E-state index contributed by atoms with van der Waals surface area (Å²) in [6, 6.07) is 8.06. The molecule has 2 heterocycles. The summed E-state index contributed by atoms with van der Waals surface area (Å²) >= 11 is 0. The molecular weight excluding hydrogens is 238 g/mol. The van der Waals surface area contributed by atoms with Gasteiger partial charge in [-0.15, -0.1) is 0 Å². The maximum atomic E-state index is 6.64. The first-order chi connectivity index (χ1) is 9.21. The second-order valence-electron chi connectivity index (χ2n) is 5.13. The van der Waals surface area contributed by atoms with Crippen molar-refractivity contribution >= 4 is 0 Å². The molecule has 4 heteroatoms. The van der Waals surface area contributed by atoms with Crippen LogP contribution in [0.1, 0.15) is 24.5 Å². The van der Waals surface area contributed by atoms with Gasteiger partial charge in [0.25, 0.3) is 0 Å². The Bertz CT molecular complexity index is 578. The smallest absolute Gasteiger partial charge is 0.124 e. The van der Waals surface area contributed by atoms with E-state index in [4.69, 9.17) is 10.5 Å². The molecule has 2 aromatic rings. The Hall–Kier alpha value is -1.81. The van der Waals surface area contributed by atoms with E-state index in [0.717, 1.165) is 30.7 Å². The Kier molecular flexibility index (Phi) is 3.03. The fourth-order valence-corrected chi connectivity index (χ4v) is 2.70. The van der Waals surface area contributed by atoms with Crippen LogP contribution in [-0.4, -0.2) is 16.4 Å². The lowest BCUT2D eigenvalue weighted by molar-refractivity contribution is 0.215. The predicted octanol–water partition coefficient (Wildman–Crippen LogP) is 2.08. The topological polar surface area (TPSA) is 53.1 Å². The summed E-state index contributed by atoms with van der Waals surface area (Å²) < 4.78 is 7.62. The zero-order valence-electron chi connectivity index (χ0n) is 11.2. The molecule has 1 aliphatic rings. The van der Waals surface area contributed by atoms with Gasteiger partial charge < -0.3 is 10.5 Å². The summed E-state index contributed by atoms with van der Waals surface area (Å²) in [6.45, 7) is 3.64. The van der Waals surface area contributed by atoms with Gasteiger partial charge in [0.15, 0.2) is 0 Å². The zero-order chi connectivity index (χ0) is 13.3. The summed E-state index contributed by atoms with van der Waals surface area (Å²) in [6.07, 6.45) is 5.62. The molecule has 1 aromatic carbocycles. The normalized spacial score (nSPS) is 21.8. The van der Waals surface area contributed by atoms with E-state index in [2.05, 4.69) is 24.3 Å². The van der Waals surface area contributed by atoms with Crippen molar-refractivity contribution < 1.29 is 4.74 Å². The van der Waals surface area contributed by atoms with Gasteiger partial charge in [0.05, 0.1) is 18.3 Å². The molecule has 0 aliphatic carbocycles. The van der Waals surface area contributed by atoms with Crippen molar-refractivity contribution in [2.75, 3.05) is 6.61 Å². The molecule has 1 aromatic heterocycles. The molecule has 2 N–H and O–H groups in total. The highest BCUT2D eigenvalue weighted by Gasteiger charge is 2.34. The van der Waals surface area contributed by atoms with Gasteiger partial charge in [-0.25, -0.2) is 0 Å². The fourth-order valence-electron chi connectivity index (χ4n) is 2.70. The van der Waals surface area contributed by atoms with Gasteiger partial charge in [0.2, 0.25) is 0 Å². The molecule has 0 amide bonds. The van der Waals surface area contributed by atoms with E-state index in [-0.39, 0.29) is 5.54 Å². The number of benzene rings is 1. The molecule has 0 bridgehead atoms. The Balaban J connectivity index is 1.91. The summed E-state index contributed by atoms with van der Waals surface area (Å²) in [5.41, 5.74) is 8.57. The standard InChI is InChI=1S/C15H19N3O/c1-2-18-11-12(10-17-18)9-15(16)7-8-19-14-6-4-3-5-13(14)15/h3-6,10-11H,2,7-9,16H2,1H3. The molecule has 0 spiro atoms. The van der Waals surface area contributed by atoms with Gasteiger partial charge in [-0.05, 0) is 25.0 Å². The highest BCUT2D eigenvalue weighted by molar-refractivity contribution is 5.41. The molecule has 19 heavy (non-hydrogen) atoms. The molecule has 1 unspecified atom stereocenters. The Labute approximate surface area is 113 Å². The minimum absolute atomic E-state index is 0.351. The largest absolute Gasteiger partial charge is 0.493 e. The lowest BCUT2D eigenvalue weighted by atomic mass is 9.81. The Morgan fingerprint density at radius 1 is 1.42 bits per heavy atom. The minimum atomic E-state index is -0.351. The number of rotatable bonds is 3. The summed E-state index contributed by atoms with van der Waals surface area (Å²) in [5.74, 6) is 0.916. The first-order valence-electron chi connectivity index (χ1n) is 6.74. The van der Waals surface area contributed by atoms with Crippen LogP contribution in [0.5, 0.6) is 5.75 Å². The number of aromatic nitrogens is 2. The van der Waals surface area contributed by atoms with Crippen LogP contribution < -0.4 is 10.5 Å². The summed E-state index contributed by atoms with van der Waals surface area (Å²) in [4.78, 5) is 0. The van der Waals surface area contributed by atoms with Crippen LogP contribution >= 0.6 is 0 Å². The van der Waals surface area contributed by atoms with Crippen LogP contribution in [0.25, 0.3) is 0 Å². The number of nitrogens with zero attached hydrogens (tertiary/aromatic N) is 2. The van der Waals surface area contributed by atoms with Crippen molar-refractivity contribution in [3.8, 4) is 5.75 Å². The Morgan fingerprint density at radius 2 is 2.26 bits per heavy atom. The molecule has 0 radical (unpaired) electrons. The number of hydrogen-bond acceptors (Lipinski definition) is 3. The molecule has 4 nitrogen and oxygen atoms in total. The van der Waals surface area contributed by atoms with Crippen molar-refractivity contribution in [3.63, 3.8) is 0 Å². The van der Waals surface area contributed by atoms with Gasteiger partial charge in [-0.2, -0.15) is 5.10 Å². The van der Waals surface area contributed by atoms with Gasteiger partial charge in [0, 0.05) is 24.7 Å². The molecule has 0 fully saturated rings. The lowest BCUT2D eigenvalue weighted by Crippen LogP contribution is -2.43. The van der Waals surface area contributed by atoms with Crippen LogP contribution in [0.4, 0.5) is 0 Å². The van der Waals surface area contributed by atoms with E-state index >= 15 is 0 Å². The predicted molar refractivity (Wildman–Crippen MR) is 74.0 cm³/mol. The molecule has 100 valence electrons. The quantitative estimate of drug-likeness (QED) is 0.916. The SMILES string of the molecule is CCn1cc(CC2(N)CCOc3ccccc32)cn1. The average Bonchev–Trinajstić information content (AvgIpc) is 2.86. The van der Waals surface area contributed by atoms with Crippen LogP contribution in [-0.2, 0) is 18.5 Å². The molecule has 1 aliphatic heterocycles. The minimum Gasteiger partial charge on any atom is -0.493 e. The maximum absolute atomic E-state index is 6.64. The van der Waals surface area contributed by atoms with Gasteiger partial charge in [-0.1, -0.05) is 18.2 Å². The summed E-state index contributed by atoms with van der Waals surface area (Å²) in [5, 5.41) is 4.32. The van der Waals surface area contributed by atoms with Gasteiger partial charge >= 0.3 is 0 Å². The number of ether oxygens (including phenoxy) is 1. The number of para-hydroxylation sites is 1. The van der Waals surface area contributed by atoms with Crippen molar-refractivity contribution in [2.24, 2.45) is 5.73 Å². The van der Waals surface area contributed by atoms with Gasteiger partial charge in [0.1, 0.15) is 5.75 Å². The molecular formula is C15H19N3O. The molecule has 3 rings (SSSR count). The van der Waals surface area contributed by atoms with E-state index < -0.39 is 0 Å². The van der Waals surface area contributed by atoms with E-state index in [1.54, 1.807) is 0 Å². The van der Waals surface area contributed by atoms with E-state index in [0.29, 0.717) is 6.61 Å². The van der Waals surface area contributed by atoms with E-state index in [9.17, 15) is 0 Å². The summed E-state index contributed by atoms with van der Waals surface area (Å²) in [7, 11) is 0. The van der Waals surface area contributed by atoms with E-state index in [1.165, 1.54) is 5.56 Å². The van der Waals surface area contributed by atoms with Crippen molar-refractivity contribution in [2.45, 2.75) is 31.8 Å². The van der Waals surface area contributed by atoms with Crippen LogP contribution in [0.2, 0.25) is 0 Å². The van der Waals surface area contributed by atoms with Crippen molar-refractivity contribution in [1.29, 1.82) is 0 Å². The van der Waals surface area contributed by atoms with Crippen molar-refractivity contribution in [3.05, 3.63) is 47.8 Å². The van der Waals surface area contributed by atoms with E-state index in [1.807, 2.05) is 29.1 Å². The van der Waals surface area contributed by atoms with Crippen LogP contribution in [0, 0.1) is 0 Å². The monoisotopic (exact) mass is 257 g/mol. The molecule has 1 atom stereocenters. The molecule has 0 saturated heterocycles. The van der Waals surface area contributed by atoms with Crippen LogP contribution in [0.3, 0.4) is 0 Å². The third-order valence-electron chi connectivity index (χ3n) is 3.76. The lowest BCUT2D eigenvalue weighted by Gasteiger charge is -2.35. The first kappa shape index (κ1) is 12.2. The number of fused-ring (bicyclic) bond motifs is 1. The fraction of sp³-hybridized carbons (Fsp3) is 0.400. The number of aryl methyl sites for hydroxylation is 1. The highest BCUT2D eigenvalue weighted by atomic mass is 16.5. The second-order valence-corrected chi connectivity index (χ2v) is 5.13. The maximum Gasteiger partial charge on any atom is 0.124 e. The second kappa shape index (κ2) is 4.70. The van der Waals surface area contributed by atoms with Crippen molar-refractivity contribution in [1.82, 2.24) is 9.78 Å². The van der Waals surface area contributed by atoms with Crippen LogP contribution in [0.15, 0.2) is 36.7 Å². The van der Waals surface area contributed by atoms with Gasteiger partial charge in [-0.3, -0.25) is 4.68 Å². The third kappa shape index (κ3) is 2.24. The Morgan fingerprint density at radius 3 is 3.05 bits per heavy atom. The number of hydrogen-bond donors (Lipinski definition) is 1. The molecule has 0 saturated carbocycles. The number of nitrogens with two attached hydrogens (primary N) is 1.